The summed E-state index contributed by atoms with van der Waals surface area (Å²) in [4.78, 5) is 39.0. The van der Waals surface area contributed by atoms with Gasteiger partial charge in [-0.1, -0.05) is 24.3 Å². The Bertz CT molecular complexity index is 1240. The number of amides is 2. The average molecular weight is 421 g/mol. The molecule has 7 heteroatoms. The lowest BCUT2D eigenvalue weighted by Crippen LogP contribution is -2.32. The number of thioether (sulfide) groups is 1. The van der Waals surface area contributed by atoms with Gasteiger partial charge >= 0.3 is 0 Å². The first-order valence-electron chi connectivity index (χ1n) is 9.40. The van der Waals surface area contributed by atoms with Crippen molar-refractivity contribution in [2.75, 3.05) is 13.2 Å². The lowest BCUT2D eigenvalue weighted by molar-refractivity contribution is -0.123. The largest absolute Gasteiger partial charge is 0.491 e. The van der Waals surface area contributed by atoms with Crippen molar-refractivity contribution in [3.63, 3.8) is 0 Å². The number of benzene rings is 2. The third kappa shape index (κ3) is 3.89. The number of aryl methyl sites for hydroxylation is 2. The molecular weight excluding hydrogens is 402 g/mol. The van der Waals surface area contributed by atoms with Gasteiger partial charge in [0, 0.05) is 0 Å². The zero-order chi connectivity index (χ0) is 21.3. The van der Waals surface area contributed by atoms with Crippen LogP contribution in [-0.4, -0.2) is 29.2 Å². The van der Waals surface area contributed by atoms with Crippen LogP contribution in [0.1, 0.15) is 16.7 Å². The second kappa shape index (κ2) is 8.20. The monoisotopic (exact) mass is 421 g/mol. The molecule has 1 fully saturated rings. The summed E-state index contributed by atoms with van der Waals surface area (Å²) in [5, 5.41) is 0.0356. The summed E-state index contributed by atoms with van der Waals surface area (Å²) in [5.41, 5.74) is 2.50. The van der Waals surface area contributed by atoms with E-state index in [2.05, 4.69) is 0 Å². The van der Waals surface area contributed by atoms with Crippen LogP contribution in [0.25, 0.3) is 17.0 Å². The summed E-state index contributed by atoms with van der Waals surface area (Å²) in [6.45, 7) is 4.22. The number of para-hydroxylation sites is 1. The Morgan fingerprint density at radius 3 is 2.73 bits per heavy atom. The molecule has 1 saturated heterocycles. The maximum atomic E-state index is 12.7. The van der Waals surface area contributed by atoms with Gasteiger partial charge in [0.2, 0.25) is 0 Å². The summed E-state index contributed by atoms with van der Waals surface area (Å²) in [7, 11) is 0. The molecular formula is C23H19NO5S. The molecule has 0 unspecified atom stereocenters. The van der Waals surface area contributed by atoms with E-state index in [4.69, 9.17) is 9.15 Å². The quantitative estimate of drug-likeness (QED) is 0.564. The van der Waals surface area contributed by atoms with Crippen LogP contribution in [0.3, 0.4) is 0 Å². The highest BCUT2D eigenvalue weighted by molar-refractivity contribution is 8.18. The molecule has 1 aromatic heterocycles. The smallest absolute Gasteiger partial charge is 0.293 e. The van der Waals surface area contributed by atoms with E-state index in [-0.39, 0.29) is 34.3 Å². The molecule has 0 aliphatic carbocycles. The first-order chi connectivity index (χ1) is 14.4. The SMILES string of the molecule is Cc1ccc(C)c(OCCN2C(=O)S/C(=C\c3coc4ccccc4c3=O)C2=O)c1. The van der Waals surface area contributed by atoms with Gasteiger partial charge in [-0.3, -0.25) is 19.3 Å². The standard InChI is InChI=1S/C23H19NO5S/c1-14-7-8-15(2)19(11-14)28-10-9-24-22(26)20(30-23(24)27)12-16-13-29-18-6-4-3-5-17(18)21(16)25/h3-8,11-13H,9-10H2,1-2H3/b20-12-. The Labute approximate surface area is 177 Å². The van der Waals surface area contributed by atoms with Crippen LogP contribution in [0.4, 0.5) is 4.79 Å². The molecule has 152 valence electrons. The van der Waals surface area contributed by atoms with Gasteiger partial charge in [0.15, 0.2) is 5.43 Å². The molecule has 4 rings (SSSR count). The number of hydrogen-bond donors (Lipinski definition) is 0. The van der Waals surface area contributed by atoms with Crippen LogP contribution in [0.2, 0.25) is 0 Å². The van der Waals surface area contributed by atoms with Crippen molar-refractivity contribution in [2.24, 2.45) is 0 Å². The first kappa shape index (κ1) is 20.0. The molecule has 1 aliphatic heterocycles. The third-order valence-corrected chi connectivity index (χ3v) is 5.69. The lowest BCUT2D eigenvalue weighted by Gasteiger charge is -2.14. The highest BCUT2D eigenvalue weighted by atomic mass is 32.2. The van der Waals surface area contributed by atoms with Gasteiger partial charge in [0.1, 0.15) is 24.2 Å². The Hall–Kier alpha value is -3.32. The fourth-order valence-corrected chi connectivity index (χ4v) is 3.99. The molecule has 0 spiro atoms. The Balaban J connectivity index is 1.49. The molecule has 6 nitrogen and oxygen atoms in total. The molecule has 2 aromatic carbocycles. The van der Waals surface area contributed by atoms with Gasteiger partial charge in [-0.2, -0.15) is 0 Å². The van der Waals surface area contributed by atoms with Crippen molar-refractivity contribution in [3.8, 4) is 5.75 Å². The summed E-state index contributed by atoms with van der Waals surface area (Å²) in [6.07, 6.45) is 2.72. The van der Waals surface area contributed by atoms with E-state index in [0.717, 1.165) is 33.5 Å². The second-order valence-electron chi connectivity index (χ2n) is 6.97. The second-order valence-corrected chi connectivity index (χ2v) is 7.96. The Kier molecular flexibility index (Phi) is 5.46. The Morgan fingerprint density at radius 1 is 1.10 bits per heavy atom. The van der Waals surface area contributed by atoms with Crippen molar-refractivity contribution in [1.82, 2.24) is 4.90 Å². The van der Waals surface area contributed by atoms with Crippen LogP contribution in [-0.2, 0) is 4.79 Å². The normalized spacial score (nSPS) is 15.4. The van der Waals surface area contributed by atoms with Gasteiger partial charge in [-0.05, 0) is 61.0 Å². The van der Waals surface area contributed by atoms with Gasteiger partial charge in [-0.25, -0.2) is 0 Å². The van der Waals surface area contributed by atoms with Crippen LogP contribution >= 0.6 is 11.8 Å². The van der Waals surface area contributed by atoms with E-state index in [0.29, 0.717) is 11.0 Å². The lowest BCUT2D eigenvalue weighted by atomic mass is 10.1. The number of carbonyl (C=O) groups excluding carboxylic acids is 2. The predicted molar refractivity (Wildman–Crippen MR) is 117 cm³/mol. The number of fused-ring (bicyclic) bond motifs is 1. The highest BCUT2D eigenvalue weighted by Crippen LogP contribution is 2.32. The van der Waals surface area contributed by atoms with Crippen molar-refractivity contribution < 1.29 is 18.7 Å². The number of rotatable bonds is 5. The molecule has 1 aliphatic rings. The molecule has 2 amide bonds. The highest BCUT2D eigenvalue weighted by Gasteiger charge is 2.35. The van der Waals surface area contributed by atoms with E-state index in [1.807, 2.05) is 32.0 Å². The van der Waals surface area contributed by atoms with Gasteiger partial charge < -0.3 is 9.15 Å². The summed E-state index contributed by atoms with van der Waals surface area (Å²) in [5.74, 6) is 0.286. The number of carbonyl (C=O) groups is 2. The van der Waals surface area contributed by atoms with E-state index >= 15 is 0 Å². The topological polar surface area (TPSA) is 76.8 Å². The molecule has 0 saturated carbocycles. The molecule has 0 atom stereocenters. The zero-order valence-corrected chi connectivity index (χ0v) is 17.3. The molecule has 0 N–H and O–H groups in total. The summed E-state index contributed by atoms with van der Waals surface area (Å²) in [6, 6.07) is 12.8. The van der Waals surface area contributed by atoms with E-state index in [1.54, 1.807) is 24.3 Å². The predicted octanol–water partition coefficient (Wildman–Crippen LogP) is 4.53. The van der Waals surface area contributed by atoms with Gasteiger partial charge in [-0.15, -0.1) is 0 Å². The first-order valence-corrected chi connectivity index (χ1v) is 10.2. The minimum atomic E-state index is -0.442. The van der Waals surface area contributed by atoms with Crippen LogP contribution < -0.4 is 10.2 Å². The minimum Gasteiger partial charge on any atom is -0.491 e. The summed E-state index contributed by atoms with van der Waals surface area (Å²) < 4.78 is 11.2. The average Bonchev–Trinajstić information content (AvgIpc) is 3.00. The van der Waals surface area contributed by atoms with Crippen molar-refractivity contribution in [3.05, 3.63) is 80.5 Å². The minimum absolute atomic E-state index is 0.127. The molecule has 30 heavy (non-hydrogen) atoms. The van der Waals surface area contributed by atoms with Gasteiger partial charge in [0.05, 0.1) is 22.4 Å². The number of hydrogen-bond acceptors (Lipinski definition) is 6. The fourth-order valence-electron chi connectivity index (χ4n) is 3.14. The number of nitrogens with zero attached hydrogens (tertiary/aromatic N) is 1. The number of ether oxygens (including phenoxy) is 1. The van der Waals surface area contributed by atoms with Crippen LogP contribution in [0.5, 0.6) is 5.75 Å². The van der Waals surface area contributed by atoms with Crippen molar-refractivity contribution >= 4 is 40.0 Å². The van der Waals surface area contributed by atoms with Crippen LogP contribution in [0, 0.1) is 13.8 Å². The fraction of sp³-hybridized carbons (Fsp3) is 0.174. The van der Waals surface area contributed by atoms with Crippen molar-refractivity contribution in [1.29, 1.82) is 0 Å². The molecule has 3 aromatic rings. The molecule has 2 heterocycles. The molecule has 0 bridgehead atoms. The van der Waals surface area contributed by atoms with E-state index < -0.39 is 5.91 Å². The number of imide groups is 1. The maximum Gasteiger partial charge on any atom is 0.293 e. The third-order valence-electron chi connectivity index (χ3n) is 4.78. The maximum absolute atomic E-state index is 12.7. The molecule has 0 radical (unpaired) electrons. The Morgan fingerprint density at radius 2 is 1.90 bits per heavy atom. The van der Waals surface area contributed by atoms with Crippen molar-refractivity contribution in [2.45, 2.75) is 13.8 Å². The van der Waals surface area contributed by atoms with Gasteiger partial charge in [0.25, 0.3) is 11.1 Å². The van der Waals surface area contributed by atoms with Crippen LogP contribution in [0.15, 0.2) is 62.8 Å². The van der Waals surface area contributed by atoms with E-state index in [9.17, 15) is 14.4 Å². The zero-order valence-electron chi connectivity index (χ0n) is 16.5. The summed E-state index contributed by atoms with van der Waals surface area (Å²) >= 11 is 0.805. The van der Waals surface area contributed by atoms with E-state index in [1.165, 1.54) is 12.3 Å².